The van der Waals surface area contributed by atoms with Gasteiger partial charge in [0.1, 0.15) is 12.6 Å². The maximum atomic E-state index is 15.3. The molecule has 0 bridgehead atoms. The Hall–Kier alpha value is -3.30. The van der Waals surface area contributed by atoms with Crippen LogP contribution in [0.4, 0.5) is 0 Å². The van der Waals surface area contributed by atoms with E-state index in [0.29, 0.717) is 37.7 Å². The van der Waals surface area contributed by atoms with Gasteiger partial charge in [-0.15, -0.1) is 0 Å². The summed E-state index contributed by atoms with van der Waals surface area (Å²) >= 11 is 3.55. The lowest BCUT2D eigenvalue weighted by Gasteiger charge is -2.49. The zero-order chi connectivity index (χ0) is 26.5. The maximum absolute atomic E-state index is 15.3. The largest absolute Gasteiger partial charge is 0.632 e. The molecule has 3 aromatic carbocycles. The maximum Gasteiger partial charge on any atom is 0.278 e. The predicted octanol–water partition coefficient (Wildman–Crippen LogP) is 5.47. The van der Waals surface area contributed by atoms with Crippen molar-refractivity contribution < 1.29 is 18.9 Å². The number of ether oxygens (including phenoxy) is 2. The first-order chi connectivity index (χ1) is 18.5. The second-order valence-electron chi connectivity index (χ2n) is 9.48. The Morgan fingerprint density at radius 3 is 2.42 bits per heavy atom. The number of carbonyl (C=O) groups is 1. The molecular formula is C30H30BrN3O4. The minimum atomic E-state index is -0.818. The van der Waals surface area contributed by atoms with Crippen LogP contribution in [0, 0.1) is 5.21 Å². The van der Waals surface area contributed by atoms with Crippen molar-refractivity contribution in [2.45, 2.75) is 12.6 Å². The third-order valence-corrected chi connectivity index (χ3v) is 7.40. The molecule has 0 radical (unpaired) electrons. The van der Waals surface area contributed by atoms with E-state index < -0.39 is 10.7 Å². The monoisotopic (exact) mass is 575 g/mol. The first-order valence-electron chi connectivity index (χ1n) is 12.6. The summed E-state index contributed by atoms with van der Waals surface area (Å²) in [7, 11) is 1.56. The number of aromatic nitrogens is 1. The van der Waals surface area contributed by atoms with Crippen molar-refractivity contribution in [1.29, 1.82) is 0 Å². The van der Waals surface area contributed by atoms with Crippen molar-refractivity contribution in [1.82, 2.24) is 9.88 Å². The van der Waals surface area contributed by atoms with Crippen molar-refractivity contribution in [3.63, 3.8) is 0 Å². The number of morpholine rings is 1. The second-order valence-corrected chi connectivity index (χ2v) is 10.4. The number of nitrogens with zero attached hydrogens (tertiary/aromatic N) is 3. The number of amides is 1. The molecule has 38 heavy (non-hydrogen) atoms. The standard InChI is InChI=1S/C30H30BrN3O4/c1-37-30-26(19-24-18-25(31)12-13-27(24)32-30)29(23-10-6-3-7-11-23)34(36,20-22-8-4-2-5-9-22)21-28(35)33-14-16-38-17-15-33/h2-13,18-19,29H,14-17,20-21H2,1H3. The molecule has 1 amide bonds. The number of carbonyl (C=O) groups excluding carboxylic acids is 1. The molecule has 1 aliphatic rings. The summed E-state index contributed by atoms with van der Waals surface area (Å²) in [6.07, 6.45) is 0. The normalized spacial score (nSPS) is 16.1. The van der Waals surface area contributed by atoms with E-state index in [-0.39, 0.29) is 19.0 Å². The molecule has 0 aliphatic carbocycles. The molecule has 4 aromatic rings. The molecule has 0 N–H and O–H groups in total. The van der Waals surface area contributed by atoms with E-state index in [1.165, 1.54) is 0 Å². The van der Waals surface area contributed by atoms with E-state index in [1.807, 2.05) is 84.9 Å². The van der Waals surface area contributed by atoms with Gasteiger partial charge in [0.25, 0.3) is 5.91 Å². The van der Waals surface area contributed by atoms with Crippen LogP contribution in [0.2, 0.25) is 0 Å². The molecular weight excluding hydrogens is 546 g/mol. The quantitative estimate of drug-likeness (QED) is 0.206. The summed E-state index contributed by atoms with van der Waals surface area (Å²) in [6.45, 7) is 1.79. The number of benzene rings is 3. The molecule has 196 valence electrons. The number of quaternary nitrogens is 1. The topological polar surface area (TPSA) is 74.7 Å². The first kappa shape index (κ1) is 26.3. The van der Waals surface area contributed by atoms with Crippen molar-refractivity contribution in [3.05, 3.63) is 111 Å². The average molecular weight is 576 g/mol. The molecule has 0 spiro atoms. The molecule has 0 saturated carbocycles. The van der Waals surface area contributed by atoms with Crippen LogP contribution in [0.15, 0.2) is 89.4 Å². The van der Waals surface area contributed by atoms with Crippen LogP contribution in [-0.4, -0.2) is 60.4 Å². The Balaban J connectivity index is 1.68. The molecule has 5 rings (SSSR count). The van der Waals surface area contributed by atoms with Gasteiger partial charge in [0.2, 0.25) is 5.88 Å². The molecule has 2 heterocycles. The molecule has 7 nitrogen and oxygen atoms in total. The highest BCUT2D eigenvalue weighted by Crippen LogP contribution is 2.41. The minimum absolute atomic E-state index is 0.107. The number of hydroxylamine groups is 3. The van der Waals surface area contributed by atoms with Crippen molar-refractivity contribution >= 4 is 32.7 Å². The van der Waals surface area contributed by atoms with Gasteiger partial charge in [-0.25, -0.2) is 4.98 Å². The highest BCUT2D eigenvalue weighted by molar-refractivity contribution is 9.10. The van der Waals surface area contributed by atoms with Crippen molar-refractivity contribution in [2.24, 2.45) is 0 Å². The number of methoxy groups -OCH3 is 1. The third-order valence-electron chi connectivity index (χ3n) is 6.90. The minimum Gasteiger partial charge on any atom is -0.632 e. The van der Waals surface area contributed by atoms with Crippen LogP contribution >= 0.6 is 15.9 Å². The van der Waals surface area contributed by atoms with E-state index in [4.69, 9.17) is 14.5 Å². The first-order valence-corrected chi connectivity index (χ1v) is 13.4. The molecule has 1 fully saturated rings. The van der Waals surface area contributed by atoms with Crippen LogP contribution in [-0.2, 0) is 16.1 Å². The smallest absolute Gasteiger partial charge is 0.278 e. The van der Waals surface area contributed by atoms with Gasteiger partial charge in [0.15, 0.2) is 6.54 Å². The fourth-order valence-corrected chi connectivity index (χ4v) is 5.50. The Morgan fingerprint density at radius 2 is 1.74 bits per heavy atom. The van der Waals surface area contributed by atoms with Crippen LogP contribution in [0.3, 0.4) is 0 Å². The van der Waals surface area contributed by atoms with E-state index in [0.717, 1.165) is 26.5 Å². The summed E-state index contributed by atoms with van der Waals surface area (Å²) in [5.41, 5.74) is 3.05. The Bertz CT molecular complexity index is 1400. The lowest BCUT2D eigenvalue weighted by molar-refractivity contribution is -0.911. The van der Waals surface area contributed by atoms with Crippen LogP contribution < -0.4 is 4.74 Å². The number of hydrogen-bond acceptors (Lipinski definition) is 5. The summed E-state index contributed by atoms with van der Waals surface area (Å²) < 4.78 is 11.3. The van der Waals surface area contributed by atoms with Crippen molar-refractivity contribution in [2.75, 3.05) is 40.0 Å². The zero-order valence-corrected chi connectivity index (χ0v) is 22.8. The number of halogens is 1. The highest BCUT2D eigenvalue weighted by atomic mass is 79.9. The van der Waals surface area contributed by atoms with Crippen molar-refractivity contribution in [3.8, 4) is 5.88 Å². The third kappa shape index (κ3) is 5.73. The average Bonchev–Trinajstić information content (AvgIpc) is 2.94. The molecule has 1 aliphatic heterocycles. The molecule has 8 heteroatoms. The van der Waals surface area contributed by atoms with Gasteiger partial charge in [-0.2, -0.15) is 0 Å². The fraction of sp³-hybridized carbons (Fsp3) is 0.267. The number of pyridine rings is 1. The van der Waals surface area contributed by atoms with E-state index in [1.54, 1.807) is 12.0 Å². The fourth-order valence-electron chi connectivity index (χ4n) is 5.12. The summed E-state index contributed by atoms with van der Waals surface area (Å²) in [4.78, 5) is 20.1. The molecule has 2 atom stereocenters. The van der Waals surface area contributed by atoms with Crippen LogP contribution in [0.1, 0.15) is 22.7 Å². The van der Waals surface area contributed by atoms with Gasteiger partial charge in [0.05, 0.1) is 31.4 Å². The number of hydrogen-bond donors (Lipinski definition) is 0. The number of rotatable bonds is 8. The van der Waals surface area contributed by atoms with E-state index in [2.05, 4.69) is 15.9 Å². The van der Waals surface area contributed by atoms with Crippen LogP contribution in [0.5, 0.6) is 5.88 Å². The molecule has 2 unspecified atom stereocenters. The van der Waals surface area contributed by atoms with Gasteiger partial charge in [0, 0.05) is 34.1 Å². The second kappa shape index (κ2) is 11.6. The van der Waals surface area contributed by atoms with Crippen LogP contribution in [0.25, 0.3) is 10.9 Å². The highest BCUT2D eigenvalue weighted by Gasteiger charge is 2.38. The predicted molar refractivity (Wildman–Crippen MR) is 150 cm³/mol. The van der Waals surface area contributed by atoms with Gasteiger partial charge in [-0.3, -0.25) is 4.79 Å². The van der Waals surface area contributed by atoms with E-state index >= 15 is 5.21 Å². The molecule has 1 saturated heterocycles. The van der Waals surface area contributed by atoms with E-state index in [9.17, 15) is 4.79 Å². The van der Waals surface area contributed by atoms with Gasteiger partial charge < -0.3 is 24.2 Å². The lowest BCUT2D eigenvalue weighted by Crippen LogP contribution is -2.53. The number of fused-ring (bicyclic) bond motifs is 1. The summed E-state index contributed by atoms with van der Waals surface area (Å²) in [5.74, 6) is 0.189. The van der Waals surface area contributed by atoms with Gasteiger partial charge >= 0.3 is 0 Å². The summed E-state index contributed by atoms with van der Waals surface area (Å²) in [6, 6.07) is 26.2. The Labute approximate surface area is 230 Å². The van der Waals surface area contributed by atoms with Gasteiger partial charge in [-0.1, -0.05) is 76.6 Å². The lowest BCUT2D eigenvalue weighted by atomic mass is 9.95. The molecule has 1 aromatic heterocycles. The SMILES string of the molecule is COc1nc2ccc(Br)cc2cc1C(c1ccccc1)[N+]([O-])(CC(=O)N1CCOCC1)Cc1ccccc1. The Kier molecular flexibility index (Phi) is 8.04. The summed E-state index contributed by atoms with van der Waals surface area (Å²) in [5, 5.41) is 16.1. The Morgan fingerprint density at radius 1 is 1.05 bits per heavy atom. The van der Waals surface area contributed by atoms with Gasteiger partial charge in [-0.05, 0) is 24.3 Å². The zero-order valence-electron chi connectivity index (χ0n) is 21.3.